The third-order valence-electron chi connectivity index (χ3n) is 5.08. The normalized spacial score (nSPS) is 11.1. The van der Waals surface area contributed by atoms with E-state index in [2.05, 4.69) is 4.72 Å². The lowest BCUT2D eigenvalue weighted by atomic mass is 10.1. The lowest BCUT2D eigenvalue weighted by Crippen LogP contribution is -2.27. The first-order chi connectivity index (χ1) is 15.7. The molecule has 0 saturated carbocycles. The van der Waals surface area contributed by atoms with Crippen LogP contribution < -0.4 is 14.2 Å². The monoisotopic (exact) mass is 472 g/mol. The molecule has 0 fully saturated rings. The van der Waals surface area contributed by atoms with E-state index in [1.165, 1.54) is 43.4 Å². The SMILES string of the molecule is COc1cccc(CN(C)C(=O)c2cc(S(=O)(=O)Nc3ccc(F)cc3)ccc2C)c1OC. The molecule has 1 amide bonds. The van der Waals surface area contributed by atoms with Gasteiger partial charge in [0.2, 0.25) is 0 Å². The number of carbonyl (C=O) groups excluding carboxylic acids is 1. The number of methoxy groups -OCH3 is 2. The molecule has 0 bridgehead atoms. The average molecular weight is 473 g/mol. The Morgan fingerprint density at radius 1 is 1.03 bits per heavy atom. The number of rotatable bonds is 8. The first-order valence-electron chi connectivity index (χ1n) is 10.0. The number of halogens is 1. The van der Waals surface area contributed by atoms with Crippen molar-refractivity contribution in [3.63, 3.8) is 0 Å². The predicted octanol–water partition coefficient (Wildman–Crippen LogP) is 4.22. The van der Waals surface area contributed by atoms with E-state index in [1.807, 2.05) is 6.07 Å². The van der Waals surface area contributed by atoms with E-state index in [4.69, 9.17) is 9.47 Å². The molecule has 0 atom stereocenters. The zero-order valence-electron chi connectivity index (χ0n) is 18.8. The number of para-hydroxylation sites is 1. The molecule has 1 N–H and O–H groups in total. The van der Waals surface area contributed by atoms with E-state index in [9.17, 15) is 17.6 Å². The number of nitrogens with zero attached hydrogens (tertiary/aromatic N) is 1. The average Bonchev–Trinajstić information content (AvgIpc) is 2.79. The number of nitrogens with one attached hydrogen (secondary N) is 1. The van der Waals surface area contributed by atoms with Crippen molar-refractivity contribution < 1.29 is 27.1 Å². The fourth-order valence-corrected chi connectivity index (χ4v) is 4.43. The Labute approximate surface area is 192 Å². The molecule has 33 heavy (non-hydrogen) atoms. The molecule has 174 valence electrons. The van der Waals surface area contributed by atoms with E-state index in [0.29, 0.717) is 17.1 Å². The van der Waals surface area contributed by atoms with Crippen molar-refractivity contribution in [2.45, 2.75) is 18.4 Å². The summed E-state index contributed by atoms with van der Waals surface area (Å²) >= 11 is 0. The standard InChI is InChI=1S/C24H25FN2O5S/c1-16-8-13-20(33(29,30)26-19-11-9-18(25)10-12-19)14-21(16)24(28)27(2)15-17-6-5-7-22(31-3)23(17)32-4/h5-14,26H,15H2,1-4H3. The van der Waals surface area contributed by atoms with Gasteiger partial charge in [-0.2, -0.15) is 0 Å². The Kier molecular flexibility index (Phi) is 7.23. The van der Waals surface area contributed by atoms with E-state index in [1.54, 1.807) is 32.2 Å². The first-order valence-corrected chi connectivity index (χ1v) is 11.5. The van der Waals surface area contributed by atoms with Crippen molar-refractivity contribution >= 4 is 21.6 Å². The summed E-state index contributed by atoms with van der Waals surface area (Å²) in [6, 6.07) is 14.7. The van der Waals surface area contributed by atoms with Crippen LogP contribution in [0.15, 0.2) is 65.6 Å². The van der Waals surface area contributed by atoms with Gasteiger partial charge < -0.3 is 14.4 Å². The number of hydrogen-bond donors (Lipinski definition) is 1. The van der Waals surface area contributed by atoms with Crippen LogP contribution in [0, 0.1) is 12.7 Å². The number of hydrogen-bond acceptors (Lipinski definition) is 5. The van der Waals surface area contributed by atoms with Gasteiger partial charge in [-0.05, 0) is 55.0 Å². The van der Waals surface area contributed by atoms with Crippen LogP contribution in [-0.4, -0.2) is 40.5 Å². The highest BCUT2D eigenvalue weighted by atomic mass is 32.2. The predicted molar refractivity (Wildman–Crippen MR) is 124 cm³/mol. The maximum Gasteiger partial charge on any atom is 0.261 e. The Hall–Kier alpha value is -3.59. The molecule has 7 nitrogen and oxygen atoms in total. The Bertz CT molecular complexity index is 1260. The lowest BCUT2D eigenvalue weighted by Gasteiger charge is -2.21. The van der Waals surface area contributed by atoms with Crippen LogP contribution in [0.5, 0.6) is 11.5 Å². The maximum absolute atomic E-state index is 13.2. The summed E-state index contributed by atoms with van der Waals surface area (Å²) in [6.45, 7) is 1.96. The summed E-state index contributed by atoms with van der Waals surface area (Å²) in [7, 11) is 0.698. The van der Waals surface area contributed by atoms with Crippen molar-refractivity contribution in [3.8, 4) is 11.5 Å². The number of ether oxygens (including phenoxy) is 2. The molecule has 3 rings (SSSR count). The minimum atomic E-state index is -3.98. The highest BCUT2D eigenvalue weighted by Gasteiger charge is 2.21. The van der Waals surface area contributed by atoms with Gasteiger partial charge in [0.05, 0.1) is 19.1 Å². The summed E-state index contributed by atoms with van der Waals surface area (Å²) in [5.41, 5.74) is 1.84. The fourth-order valence-electron chi connectivity index (χ4n) is 3.34. The van der Waals surface area contributed by atoms with Crippen LogP contribution in [-0.2, 0) is 16.6 Å². The summed E-state index contributed by atoms with van der Waals surface area (Å²) in [5.74, 6) is 0.247. The number of carbonyl (C=O) groups is 1. The van der Waals surface area contributed by atoms with E-state index < -0.39 is 15.8 Å². The van der Waals surface area contributed by atoms with Crippen molar-refractivity contribution in [2.24, 2.45) is 0 Å². The summed E-state index contributed by atoms with van der Waals surface area (Å²) in [6.07, 6.45) is 0. The Morgan fingerprint density at radius 2 is 1.73 bits per heavy atom. The third-order valence-corrected chi connectivity index (χ3v) is 6.46. The summed E-state index contributed by atoms with van der Waals surface area (Å²) in [5, 5.41) is 0. The molecule has 0 radical (unpaired) electrons. The van der Waals surface area contributed by atoms with E-state index in [-0.39, 0.29) is 28.6 Å². The third kappa shape index (κ3) is 5.43. The number of amides is 1. The van der Waals surface area contributed by atoms with Crippen LogP contribution in [0.3, 0.4) is 0 Å². The van der Waals surface area contributed by atoms with Gasteiger partial charge in [0.15, 0.2) is 11.5 Å². The molecule has 0 spiro atoms. The smallest absolute Gasteiger partial charge is 0.261 e. The van der Waals surface area contributed by atoms with Crippen molar-refractivity contribution in [1.82, 2.24) is 4.90 Å². The summed E-state index contributed by atoms with van der Waals surface area (Å²) in [4.78, 5) is 14.6. The van der Waals surface area contributed by atoms with Crippen molar-refractivity contribution in [2.75, 3.05) is 26.0 Å². The second kappa shape index (κ2) is 9.91. The molecule has 0 unspecified atom stereocenters. The number of anilines is 1. The highest BCUT2D eigenvalue weighted by Crippen LogP contribution is 2.31. The molecule has 0 aliphatic rings. The zero-order valence-corrected chi connectivity index (χ0v) is 19.6. The van der Waals surface area contributed by atoms with Gasteiger partial charge >= 0.3 is 0 Å². The quantitative estimate of drug-likeness (QED) is 0.531. The fraction of sp³-hybridized carbons (Fsp3) is 0.208. The second-order valence-electron chi connectivity index (χ2n) is 7.40. The van der Waals surface area contributed by atoms with Gasteiger partial charge in [0, 0.05) is 30.4 Å². The van der Waals surface area contributed by atoms with Crippen molar-refractivity contribution in [1.29, 1.82) is 0 Å². The molecule has 0 heterocycles. The molecule has 0 aromatic heterocycles. The van der Waals surface area contributed by atoms with Crippen LogP contribution in [0.2, 0.25) is 0 Å². The topological polar surface area (TPSA) is 84.9 Å². The van der Waals surface area contributed by atoms with Gasteiger partial charge in [0.25, 0.3) is 15.9 Å². The van der Waals surface area contributed by atoms with Crippen LogP contribution in [0.1, 0.15) is 21.5 Å². The number of sulfonamides is 1. The van der Waals surface area contributed by atoms with E-state index in [0.717, 1.165) is 17.7 Å². The van der Waals surface area contributed by atoms with Gasteiger partial charge in [0.1, 0.15) is 5.82 Å². The number of aryl methyl sites for hydroxylation is 1. The minimum Gasteiger partial charge on any atom is -0.493 e. The number of benzene rings is 3. The molecule has 0 saturated heterocycles. The first kappa shape index (κ1) is 24.1. The Morgan fingerprint density at radius 3 is 2.36 bits per heavy atom. The molecule has 0 aliphatic carbocycles. The van der Waals surface area contributed by atoms with Crippen molar-refractivity contribution in [3.05, 3.63) is 83.2 Å². The maximum atomic E-state index is 13.2. The van der Waals surface area contributed by atoms with Gasteiger partial charge in [-0.3, -0.25) is 9.52 Å². The molecular formula is C24H25FN2O5S. The largest absolute Gasteiger partial charge is 0.493 e. The molecule has 3 aromatic carbocycles. The van der Waals surface area contributed by atoms with Gasteiger partial charge in [-0.25, -0.2) is 12.8 Å². The minimum absolute atomic E-state index is 0.0758. The van der Waals surface area contributed by atoms with Crippen LogP contribution >= 0.6 is 0 Å². The lowest BCUT2D eigenvalue weighted by molar-refractivity contribution is 0.0783. The van der Waals surface area contributed by atoms with Gasteiger partial charge in [-0.1, -0.05) is 18.2 Å². The van der Waals surface area contributed by atoms with E-state index >= 15 is 0 Å². The Balaban J connectivity index is 1.87. The highest BCUT2D eigenvalue weighted by molar-refractivity contribution is 7.92. The molecular weight excluding hydrogens is 447 g/mol. The van der Waals surface area contributed by atoms with Crippen LogP contribution in [0.25, 0.3) is 0 Å². The molecule has 0 aliphatic heterocycles. The van der Waals surface area contributed by atoms with Gasteiger partial charge in [-0.15, -0.1) is 0 Å². The van der Waals surface area contributed by atoms with Crippen LogP contribution in [0.4, 0.5) is 10.1 Å². The zero-order chi connectivity index (χ0) is 24.2. The second-order valence-corrected chi connectivity index (χ2v) is 9.09. The molecule has 9 heteroatoms. The summed E-state index contributed by atoms with van der Waals surface area (Å²) < 4.78 is 51.9. The molecule has 3 aromatic rings.